The second kappa shape index (κ2) is 4.32. The van der Waals surface area contributed by atoms with E-state index in [0.717, 1.165) is 25.1 Å². The van der Waals surface area contributed by atoms with Gasteiger partial charge in [-0.25, -0.2) is 0 Å². The summed E-state index contributed by atoms with van der Waals surface area (Å²) < 4.78 is 0. The highest BCUT2D eigenvalue weighted by molar-refractivity contribution is 6.33. The van der Waals surface area contributed by atoms with Gasteiger partial charge in [0, 0.05) is 12.0 Å². The molecule has 1 saturated carbocycles. The molecule has 1 aliphatic rings. The monoisotopic (exact) mass is 236 g/mol. The smallest absolute Gasteiger partial charge is 0.0992 e. The van der Waals surface area contributed by atoms with Gasteiger partial charge in [0.25, 0.3) is 0 Å². The van der Waals surface area contributed by atoms with Crippen molar-refractivity contribution < 1.29 is 5.11 Å². The van der Waals surface area contributed by atoms with Gasteiger partial charge in [-0.15, -0.1) is 0 Å². The van der Waals surface area contributed by atoms with Crippen LogP contribution in [-0.2, 0) is 0 Å². The number of rotatable bonds is 4. The third-order valence-corrected chi connectivity index (χ3v) is 3.36. The molecule has 84 valence electrons. The molecule has 1 aromatic rings. The van der Waals surface area contributed by atoms with Crippen molar-refractivity contribution in [1.29, 1.82) is 5.26 Å². The van der Waals surface area contributed by atoms with Gasteiger partial charge < -0.3 is 10.4 Å². The summed E-state index contributed by atoms with van der Waals surface area (Å²) >= 11 is 6.02. The number of hydrogen-bond acceptors (Lipinski definition) is 3. The lowest BCUT2D eigenvalue weighted by Crippen LogP contribution is -2.19. The molecule has 0 saturated heterocycles. The number of aliphatic hydroxyl groups excluding tert-OH is 1. The topological polar surface area (TPSA) is 56.0 Å². The molecule has 0 aromatic heterocycles. The summed E-state index contributed by atoms with van der Waals surface area (Å²) in [5.41, 5.74) is 1.43. The van der Waals surface area contributed by atoms with Crippen LogP contribution in [0.1, 0.15) is 18.4 Å². The number of halogens is 1. The van der Waals surface area contributed by atoms with Crippen LogP contribution >= 0.6 is 11.6 Å². The van der Waals surface area contributed by atoms with Crippen LogP contribution in [0, 0.1) is 16.7 Å². The number of nitrogens with zero attached hydrogens (tertiary/aromatic N) is 1. The van der Waals surface area contributed by atoms with E-state index >= 15 is 0 Å². The molecule has 0 aliphatic heterocycles. The summed E-state index contributed by atoms with van der Waals surface area (Å²) in [6.07, 6.45) is 2.12. The zero-order valence-electron chi connectivity index (χ0n) is 8.83. The first-order chi connectivity index (χ1) is 7.69. The summed E-state index contributed by atoms with van der Waals surface area (Å²) in [5, 5.41) is 21.6. The lowest BCUT2D eigenvalue weighted by Gasteiger charge is -2.14. The summed E-state index contributed by atoms with van der Waals surface area (Å²) in [6, 6.07) is 7.21. The first-order valence-electron chi connectivity index (χ1n) is 5.23. The number of hydrogen-bond donors (Lipinski definition) is 2. The van der Waals surface area contributed by atoms with Crippen LogP contribution in [0.3, 0.4) is 0 Å². The summed E-state index contributed by atoms with van der Waals surface area (Å²) in [5.74, 6) is 0. The van der Waals surface area contributed by atoms with E-state index < -0.39 is 0 Å². The van der Waals surface area contributed by atoms with Gasteiger partial charge in [-0.3, -0.25) is 0 Å². The third-order valence-electron chi connectivity index (χ3n) is 3.04. The minimum atomic E-state index is 0.0528. The second-order valence-corrected chi connectivity index (χ2v) is 4.73. The van der Waals surface area contributed by atoms with E-state index in [1.807, 2.05) is 6.07 Å². The van der Waals surface area contributed by atoms with Crippen LogP contribution in [0.25, 0.3) is 0 Å². The molecular formula is C12H13ClN2O. The molecule has 0 unspecified atom stereocenters. The largest absolute Gasteiger partial charge is 0.396 e. The van der Waals surface area contributed by atoms with Gasteiger partial charge in [-0.1, -0.05) is 11.6 Å². The number of benzene rings is 1. The molecule has 0 heterocycles. The average Bonchev–Trinajstić information content (AvgIpc) is 3.08. The van der Waals surface area contributed by atoms with E-state index in [2.05, 4.69) is 5.32 Å². The molecular weight excluding hydrogens is 224 g/mol. The van der Waals surface area contributed by atoms with Gasteiger partial charge in [-0.2, -0.15) is 5.26 Å². The van der Waals surface area contributed by atoms with Crippen LogP contribution in [-0.4, -0.2) is 18.3 Å². The Morgan fingerprint density at radius 1 is 1.50 bits per heavy atom. The van der Waals surface area contributed by atoms with E-state index in [1.165, 1.54) is 0 Å². The van der Waals surface area contributed by atoms with E-state index in [0.29, 0.717) is 10.6 Å². The molecule has 1 aromatic carbocycles. The highest BCUT2D eigenvalue weighted by atomic mass is 35.5. The molecule has 0 amide bonds. The SMILES string of the molecule is N#Cc1ccc(NCC2(CO)CC2)c(Cl)c1. The maximum atomic E-state index is 9.17. The van der Waals surface area contributed by atoms with Crippen molar-refractivity contribution in [2.75, 3.05) is 18.5 Å². The summed E-state index contributed by atoms with van der Waals surface area (Å²) in [6.45, 7) is 0.947. The van der Waals surface area contributed by atoms with Crippen LogP contribution in [0.5, 0.6) is 0 Å². The molecule has 2 N–H and O–H groups in total. The van der Waals surface area contributed by atoms with E-state index in [9.17, 15) is 0 Å². The molecule has 0 bridgehead atoms. The van der Waals surface area contributed by atoms with E-state index in [4.69, 9.17) is 22.0 Å². The summed E-state index contributed by atoms with van der Waals surface area (Å²) in [7, 11) is 0. The van der Waals surface area contributed by atoms with Crippen molar-refractivity contribution in [3.05, 3.63) is 28.8 Å². The molecule has 0 atom stereocenters. The molecule has 1 fully saturated rings. The predicted molar refractivity (Wildman–Crippen MR) is 63.4 cm³/mol. The minimum absolute atomic E-state index is 0.0528. The quantitative estimate of drug-likeness (QED) is 0.844. The fourth-order valence-corrected chi connectivity index (χ4v) is 1.83. The Morgan fingerprint density at radius 2 is 2.25 bits per heavy atom. The zero-order valence-corrected chi connectivity index (χ0v) is 9.59. The Hall–Kier alpha value is -1.24. The van der Waals surface area contributed by atoms with Crippen molar-refractivity contribution in [2.45, 2.75) is 12.8 Å². The Kier molecular flexibility index (Phi) is 3.04. The fourth-order valence-electron chi connectivity index (χ4n) is 1.58. The van der Waals surface area contributed by atoms with Gasteiger partial charge in [-0.05, 0) is 31.0 Å². The lowest BCUT2D eigenvalue weighted by molar-refractivity contribution is 0.220. The number of nitrogens with one attached hydrogen (secondary N) is 1. The van der Waals surface area contributed by atoms with E-state index in [-0.39, 0.29) is 12.0 Å². The second-order valence-electron chi connectivity index (χ2n) is 4.32. The zero-order chi connectivity index (χ0) is 11.6. The molecule has 0 spiro atoms. The molecule has 1 aliphatic carbocycles. The minimum Gasteiger partial charge on any atom is -0.396 e. The van der Waals surface area contributed by atoms with Gasteiger partial charge in [0.1, 0.15) is 0 Å². The normalized spacial score (nSPS) is 16.6. The number of anilines is 1. The molecule has 16 heavy (non-hydrogen) atoms. The highest BCUT2D eigenvalue weighted by Crippen LogP contribution is 2.45. The summed E-state index contributed by atoms with van der Waals surface area (Å²) in [4.78, 5) is 0. The third kappa shape index (κ3) is 2.29. The van der Waals surface area contributed by atoms with Crippen LogP contribution in [0.2, 0.25) is 5.02 Å². The standard InChI is InChI=1S/C12H13ClN2O/c13-10-5-9(6-14)1-2-11(10)15-7-12(8-16)3-4-12/h1-2,5,15-16H,3-4,7-8H2. The predicted octanol–water partition coefficient (Wildman–Crippen LogP) is 2.40. The maximum absolute atomic E-state index is 9.17. The van der Waals surface area contributed by atoms with Crippen molar-refractivity contribution in [2.24, 2.45) is 5.41 Å². The van der Waals surface area contributed by atoms with Crippen LogP contribution in [0.4, 0.5) is 5.69 Å². The van der Waals surface area contributed by atoms with E-state index in [1.54, 1.807) is 18.2 Å². The Labute approximate surface area is 99.7 Å². The average molecular weight is 237 g/mol. The molecule has 2 rings (SSSR count). The van der Waals surface area contributed by atoms with Crippen molar-refractivity contribution in [1.82, 2.24) is 0 Å². The van der Waals surface area contributed by atoms with Crippen LogP contribution in [0.15, 0.2) is 18.2 Å². The van der Waals surface area contributed by atoms with Crippen molar-refractivity contribution >= 4 is 17.3 Å². The van der Waals surface area contributed by atoms with Gasteiger partial charge in [0.05, 0.1) is 28.9 Å². The maximum Gasteiger partial charge on any atom is 0.0992 e. The molecule has 0 radical (unpaired) electrons. The highest BCUT2D eigenvalue weighted by Gasteiger charge is 2.41. The fraction of sp³-hybridized carbons (Fsp3) is 0.417. The number of aliphatic hydroxyl groups is 1. The Bertz CT molecular complexity index is 435. The number of nitriles is 1. The van der Waals surface area contributed by atoms with Gasteiger partial charge >= 0.3 is 0 Å². The first kappa shape index (κ1) is 11.3. The Balaban J connectivity index is 2.02. The van der Waals surface area contributed by atoms with Crippen molar-refractivity contribution in [3.8, 4) is 6.07 Å². The van der Waals surface area contributed by atoms with Gasteiger partial charge in [0.15, 0.2) is 0 Å². The lowest BCUT2D eigenvalue weighted by atomic mass is 10.1. The van der Waals surface area contributed by atoms with Crippen molar-refractivity contribution in [3.63, 3.8) is 0 Å². The molecule has 3 nitrogen and oxygen atoms in total. The Morgan fingerprint density at radius 3 is 2.75 bits per heavy atom. The molecule has 4 heteroatoms. The van der Waals surface area contributed by atoms with Crippen LogP contribution < -0.4 is 5.32 Å². The first-order valence-corrected chi connectivity index (χ1v) is 5.61. The van der Waals surface area contributed by atoms with Gasteiger partial charge in [0.2, 0.25) is 0 Å².